The fourth-order valence-electron chi connectivity index (χ4n) is 2.06. The molecule has 0 spiro atoms. The number of aliphatic hydroxyl groups excluding tert-OH is 2. The minimum atomic E-state index is -0.125. The predicted octanol–water partition coefficient (Wildman–Crippen LogP) is 4.95. The molecule has 0 aliphatic carbocycles. The summed E-state index contributed by atoms with van der Waals surface area (Å²) in [6.45, 7) is 19.0. The number of likely N-dealkylation sites (tertiary alicyclic amines) is 1. The van der Waals surface area contributed by atoms with E-state index in [2.05, 4.69) is 13.2 Å². The smallest absolute Gasteiger partial charge is 0.229 e. The van der Waals surface area contributed by atoms with Gasteiger partial charge in [0.2, 0.25) is 5.91 Å². The van der Waals surface area contributed by atoms with Crippen molar-refractivity contribution in [2.75, 3.05) is 13.2 Å². The molecule has 0 saturated carbocycles. The molecule has 1 rings (SSSR count). The Morgan fingerprint density at radius 2 is 1.59 bits per heavy atom. The Labute approximate surface area is 166 Å². The topological polar surface area (TPSA) is 60.8 Å². The van der Waals surface area contributed by atoms with Gasteiger partial charge in [0.25, 0.3) is 0 Å². The minimum absolute atomic E-state index is 0.125. The van der Waals surface area contributed by atoms with Gasteiger partial charge in [0.05, 0.1) is 25.7 Å². The average Bonchev–Trinajstić information content (AvgIpc) is 2.71. The fraction of sp³-hybridized carbons (Fsp3) is 0.435. The molecule has 1 aliphatic heterocycles. The zero-order chi connectivity index (χ0) is 21.7. The van der Waals surface area contributed by atoms with Crippen molar-refractivity contribution in [2.45, 2.75) is 54.0 Å². The van der Waals surface area contributed by atoms with Crippen LogP contribution in [0.25, 0.3) is 0 Å². The third-order valence-electron chi connectivity index (χ3n) is 3.16. The van der Waals surface area contributed by atoms with Gasteiger partial charge < -0.3 is 15.1 Å². The molecule has 2 N–H and O–H groups in total. The molecule has 1 atom stereocenters. The number of carbonyl (C=O) groups excluding carboxylic acids is 1. The van der Waals surface area contributed by atoms with Gasteiger partial charge in [0, 0.05) is 5.70 Å². The third-order valence-corrected chi connectivity index (χ3v) is 3.16. The summed E-state index contributed by atoms with van der Waals surface area (Å²) in [6, 6.07) is 0.141. The van der Waals surface area contributed by atoms with Crippen molar-refractivity contribution in [2.24, 2.45) is 0 Å². The number of nitrogens with zero attached hydrogens (tertiary/aromatic N) is 1. The Bertz CT molecular complexity index is 512. The zero-order valence-corrected chi connectivity index (χ0v) is 18.0. The predicted molar refractivity (Wildman–Crippen MR) is 118 cm³/mol. The second-order valence-corrected chi connectivity index (χ2v) is 4.74. The molecule has 0 bridgehead atoms. The standard InChI is InChI=1S/C17H21NO.C2H6O2.2C2H6/c1-5-8-10-11-14(4)18-16(13-17(18)19)15(7-3)12-9-6-2;3-1-2-4;2*1-2/h5-12,16H,1-2,13H2,3-4H3;3-4H,1-2H2;2*1-2H3/b10-8-,12-9-,14-11+,15-7+;;;. The van der Waals surface area contributed by atoms with Crippen molar-refractivity contribution in [3.63, 3.8) is 0 Å². The van der Waals surface area contributed by atoms with Crippen LogP contribution >= 0.6 is 0 Å². The summed E-state index contributed by atoms with van der Waals surface area (Å²) in [4.78, 5) is 13.6. The molecule has 1 saturated heterocycles. The van der Waals surface area contributed by atoms with Gasteiger partial charge >= 0.3 is 0 Å². The van der Waals surface area contributed by atoms with Crippen LogP contribution in [-0.2, 0) is 4.79 Å². The molecule has 4 heteroatoms. The zero-order valence-electron chi connectivity index (χ0n) is 18.0. The number of hydrogen-bond acceptors (Lipinski definition) is 3. The number of rotatable bonds is 7. The molecule has 1 amide bonds. The monoisotopic (exact) mass is 377 g/mol. The summed E-state index contributed by atoms with van der Waals surface area (Å²) in [6.07, 6.45) is 15.6. The first-order valence-electron chi connectivity index (χ1n) is 9.52. The lowest BCUT2D eigenvalue weighted by Crippen LogP contribution is -2.51. The second-order valence-electron chi connectivity index (χ2n) is 4.74. The lowest BCUT2D eigenvalue weighted by Gasteiger charge is -2.41. The van der Waals surface area contributed by atoms with E-state index in [-0.39, 0.29) is 25.2 Å². The van der Waals surface area contributed by atoms with E-state index in [1.54, 1.807) is 12.2 Å². The van der Waals surface area contributed by atoms with Crippen molar-refractivity contribution in [1.29, 1.82) is 0 Å². The Morgan fingerprint density at radius 3 is 1.96 bits per heavy atom. The quantitative estimate of drug-likeness (QED) is 0.488. The highest BCUT2D eigenvalue weighted by molar-refractivity contribution is 5.86. The van der Waals surface area contributed by atoms with Gasteiger partial charge in [-0.25, -0.2) is 0 Å². The van der Waals surface area contributed by atoms with E-state index in [4.69, 9.17) is 10.2 Å². The van der Waals surface area contributed by atoms with Crippen LogP contribution in [0.2, 0.25) is 0 Å². The first-order valence-corrected chi connectivity index (χ1v) is 9.52. The fourth-order valence-corrected chi connectivity index (χ4v) is 2.06. The van der Waals surface area contributed by atoms with Gasteiger partial charge in [-0.1, -0.05) is 83.4 Å². The Kier molecular flexibility index (Phi) is 24.0. The first-order chi connectivity index (χ1) is 13.1. The minimum Gasteiger partial charge on any atom is -0.394 e. The summed E-state index contributed by atoms with van der Waals surface area (Å²) in [5.74, 6) is 0.164. The lowest BCUT2D eigenvalue weighted by atomic mass is 9.92. The summed E-state index contributed by atoms with van der Waals surface area (Å²) in [5.41, 5.74) is 2.09. The Balaban J connectivity index is -0.000000621. The highest BCUT2D eigenvalue weighted by Gasteiger charge is 2.38. The summed E-state index contributed by atoms with van der Waals surface area (Å²) in [5, 5.41) is 15.2. The normalized spacial score (nSPS) is 16.4. The summed E-state index contributed by atoms with van der Waals surface area (Å²) >= 11 is 0. The maximum Gasteiger partial charge on any atom is 0.229 e. The number of hydrogen-bond donors (Lipinski definition) is 2. The highest BCUT2D eigenvalue weighted by atomic mass is 16.3. The van der Waals surface area contributed by atoms with Gasteiger partial charge in [0.1, 0.15) is 0 Å². The molecule has 0 aromatic rings. The van der Waals surface area contributed by atoms with Crippen molar-refractivity contribution in [3.8, 4) is 0 Å². The van der Waals surface area contributed by atoms with Crippen LogP contribution in [0, 0.1) is 0 Å². The molecular weight excluding hydrogens is 338 g/mol. The Morgan fingerprint density at radius 1 is 1.07 bits per heavy atom. The molecule has 0 aromatic carbocycles. The van der Waals surface area contributed by atoms with Crippen LogP contribution in [0.5, 0.6) is 0 Å². The third kappa shape index (κ3) is 12.8. The Hall–Kier alpha value is -2.17. The number of aliphatic hydroxyl groups is 2. The molecule has 154 valence electrons. The maximum absolute atomic E-state index is 11.8. The second kappa shape index (κ2) is 21.9. The molecule has 1 fully saturated rings. The van der Waals surface area contributed by atoms with Gasteiger partial charge in [-0.2, -0.15) is 0 Å². The van der Waals surface area contributed by atoms with E-state index in [1.807, 2.05) is 82.9 Å². The van der Waals surface area contributed by atoms with Crippen LogP contribution in [0.1, 0.15) is 48.0 Å². The van der Waals surface area contributed by atoms with Crippen LogP contribution < -0.4 is 0 Å². The molecule has 0 aromatic heterocycles. The largest absolute Gasteiger partial charge is 0.394 e. The molecule has 1 unspecified atom stereocenters. The van der Waals surface area contributed by atoms with E-state index in [1.165, 1.54) is 0 Å². The van der Waals surface area contributed by atoms with Gasteiger partial charge in [0.15, 0.2) is 0 Å². The number of carbonyl (C=O) groups is 1. The van der Waals surface area contributed by atoms with Crippen LogP contribution in [0.3, 0.4) is 0 Å². The molecule has 1 heterocycles. The van der Waals surface area contributed by atoms with E-state index in [0.29, 0.717) is 6.42 Å². The van der Waals surface area contributed by atoms with Crippen molar-refractivity contribution in [1.82, 2.24) is 4.90 Å². The number of allylic oxidation sites excluding steroid dienone is 8. The van der Waals surface area contributed by atoms with Crippen molar-refractivity contribution < 1.29 is 15.0 Å². The first kappa shape index (κ1) is 29.6. The maximum atomic E-state index is 11.8. The molecule has 0 radical (unpaired) electrons. The highest BCUT2D eigenvalue weighted by Crippen LogP contribution is 2.30. The SMILES string of the molecule is C=C/C=C\C=C(/C)N1C(=O)CC1C(/C=C\C=C)=C/C.CC.CC.OCCO. The van der Waals surface area contributed by atoms with Gasteiger partial charge in [-0.3, -0.25) is 4.79 Å². The number of amides is 1. The van der Waals surface area contributed by atoms with E-state index in [9.17, 15) is 4.79 Å². The van der Waals surface area contributed by atoms with Gasteiger partial charge in [-0.15, -0.1) is 0 Å². The summed E-state index contributed by atoms with van der Waals surface area (Å²) < 4.78 is 0. The van der Waals surface area contributed by atoms with Gasteiger partial charge in [-0.05, 0) is 25.5 Å². The van der Waals surface area contributed by atoms with E-state index in [0.717, 1.165) is 11.3 Å². The molecule has 4 nitrogen and oxygen atoms in total. The molecule has 27 heavy (non-hydrogen) atoms. The van der Waals surface area contributed by atoms with Crippen molar-refractivity contribution >= 4 is 5.91 Å². The van der Waals surface area contributed by atoms with E-state index >= 15 is 0 Å². The van der Waals surface area contributed by atoms with Crippen LogP contribution in [0.15, 0.2) is 73.0 Å². The summed E-state index contributed by atoms with van der Waals surface area (Å²) in [7, 11) is 0. The van der Waals surface area contributed by atoms with Crippen LogP contribution in [0.4, 0.5) is 0 Å². The van der Waals surface area contributed by atoms with E-state index < -0.39 is 0 Å². The lowest BCUT2D eigenvalue weighted by molar-refractivity contribution is -0.140. The molecular formula is C23H39NO3. The van der Waals surface area contributed by atoms with Crippen LogP contribution in [-0.4, -0.2) is 40.3 Å². The van der Waals surface area contributed by atoms with Crippen molar-refractivity contribution in [3.05, 3.63) is 73.0 Å². The number of β-lactam (4-membered cyclic amide) rings is 1. The average molecular weight is 378 g/mol. The molecule has 1 aliphatic rings.